The molecule has 2 rings (SSSR count). The first-order valence-corrected chi connectivity index (χ1v) is 7.06. The van der Waals surface area contributed by atoms with Crippen LogP contribution in [0.4, 0.5) is 0 Å². The second-order valence-corrected chi connectivity index (χ2v) is 5.03. The van der Waals surface area contributed by atoms with Crippen molar-refractivity contribution in [1.29, 1.82) is 0 Å². The molecule has 0 aromatic heterocycles. The van der Waals surface area contributed by atoms with Crippen LogP contribution in [0.25, 0.3) is 0 Å². The molecular weight excluding hydrogens is 256 g/mol. The fourth-order valence-electron chi connectivity index (χ4n) is 2.34. The van der Waals surface area contributed by atoms with E-state index in [-0.39, 0.29) is 6.10 Å². The van der Waals surface area contributed by atoms with Crippen LogP contribution in [0.1, 0.15) is 6.92 Å². The summed E-state index contributed by atoms with van der Waals surface area (Å²) in [6.07, 6.45) is 0.137. The molecule has 5 nitrogen and oxygen atoms in total. The number of hydrogen-bond donors (Lipinski definition) is 1. The Labute approximate surface area is 120 Å². The molecule has 2 unspecified atom stereocenters. The van der Waals surface area contributed by atoms with E-state index >= 15 is 0 Å². The van der Waals surface area contributed by atoms with Crippen LogP contribution in [0, 0.1) is 0 Å². The van der Waals surface area contributed by atoms with Gasteiger partial charge in [0.1, 0.15) is 6.61 Å². The highest BCUT2D eigenvalue weighted by molar-refractivity contribution is 5.39. The number of morpholine rings is 1. The quantitative estimate of drug-likeness (QED) is 0.846. The van der Waals surface area contributed by atoms with E-state index in [0.29, 0.717) is 19.2 Å². The molecule has 1 aliphatic heterocycles. The van der Waals surface area contributed by atoms with Gasteiger partial charge in [-0.1, -0.05) is 12.1 Å². The molecule has 0 radical (unpaired) electrons. The zero-order chi connectivity index (χ0) is 14.4. The van der Waals surface area contributed by atoms with Crippen LogP contribution in [0.5, 0.6) is 11.5 Å². The lowest BCUT2D eigenvalue weighted by Gasteiger charge is -2.37. The second kappa shape index (κ2) is 7.47. The lowest BCUT2D eigenvalue weighted by atomic mass is 10.2. The third-order valence-electron chi connectivity index (χ3n) is 3.60. The van der Waals surface area contributed by atoms with Gasteiger partial charge in [0.2, 0.25) is 0 Å². The normalized spacial score (nSPS) is 23.6. The van der Waals surface area contributed by atoms with E-state index in [1.807, 2.05) is 24.3 Å². The lowest BCUT2D eigenvalue weighted by molar-refractivity contribution is -0.0563. The number of benzene rings is 1. The standard InChI is InChI=1S/C15H24N2O3/c1-12-11-20-13(9-16)10-17(12)7-8-19-15-6-4-3-5-14(15)18-2/h3-6,12-13H,7-11,16H2,1-2H3. The molecule has 0 saturated carbocycles. The molecule has 112 valence electrons. The smallest absolute Gasteiger partial charge is 0.161 e. The molecule has 20 heavy (non-hydrogen) atoms. The third-order valence-corrected chi connectivity index (χ3v) is 3.60. The van der Waals surface area contributed by atoms with Gasteiger partial charge in [-0.25, -0.2) is 0 Å². The molecular formula is C15H24N2O3. The van der Waals surface area contributed by atoms with Gasteiger partial charge in [0.25, 0.3) is 0 Å². The number of rotatable bonds is 6. The number of nitrogens with zero attached hydrogens (tertiary/aromatic N) is 1. The van der Waals surface area contributed by atoms with Crippen LogP contribution in [0.2, 0.25) is 0 Å². The number of ether oxygens (including phenoxy) is 3. The van der Waals surface area contributed by atoms with Crippen LogP contribution < -0.4 is 15.2 Å². The molecule has 1 saturated heterocycles. The monoisotopic (exact) mass is 280 g/mol. The first-order chi connectivity index (χ1) is 9.74. The van der Waals surface area contributed by atoms with Gasteiger partial charge in [-0.05, 0) is 19.1 Å². The minimum Gasteiger partial charge on any atom is -0.493 e. The summed E-state index contributed by atoms with van der Waals surface area (Å²) in [7, 11) is 1.65. The second-order valence-electron chi connectivity index (χ2n) is 5.03. The predicted octanol–water partition coefficient (Wildman–Crippen LogP) is 1.12. The Morgan fingerprint density at radius 1 is 1.35 bits per heavy atom. The van der Waals surface area contributed by atoms with Crippen LogP contribution in [0.3, 0.4) is 0 Å². The molecule has 0 amide bonds. The average molecular weight is 280 g/mol. The van der Waals surface area contributed by atoms with Gasteiger partial charge >= 0.3 is 0 Å². The molecule has 1 aliphatic rings. The summed E-state index contributed by atoms with van der Waals surface area (Å²) < 4.78 is 16.7. The topological polar surface area (TPSA) is 57.0 Å². The summed E-state index contributed by atoms with van der Waals surface area (Å²) in [4.78, 5) is 2.36. The summed E-state index contributed by atoms with van der Waals surface area (Å²) in [5, 5.41) is 0. The molecule has 0 bridgehead atoms. The third kappa shape index (κ3) is 3.85. The van der Waals surface area contributed by atoms with Crippen molar-refractivity contribution in [2.75, 3.05) is 40.0 Å². The molecule has 0 spiro atoms. The van der Waals surface area contributed by atoms with E-state index in [2.05, 4.69) is 11.8 Å². The van der Waals surface area contributed by atoms with E-state index < -0.39 is 0 Å². The number of nitrogens with two attached hydrogens (primary N) is 1. The minimum atomic E-state index is 0.137. The summed E-state index contributed by atoms with van der Waals surface area (Å²) in [6.45, 7) is 5.82. The van der Waals surface area contributed by atoms with Gasteiger partial charge in [-0.3, -0.25) is 4.90 Å². The highest BCUT2D eigenvalue weighted by Gasteiger charge is 2.24. The predicted molar refractivity (Wildman–Crippen MR) is 78.3 cm³/mol. The van der Waals surface area contributed by atoms with Crippen molar-refractivity contribution < 1.29 is 14.2 Å². The maximum absolute atomic E-state index is 5.81. The van der Waals surface area contributed by atoms with E-state index in [1.54, 1.807) is 7.11 Å². The largest absolute Gasteiger partial charge is 0.493 e. The zero-order valence-corrected chi connectivity index (χ0v) is 12.2. The summed E-state index contributed by atoms with van der Waals surface area (Å²) in [6, 6.07) is 8.10. The summed E-state index contributed by atoms with van der Waals surface area (Å²) in [5.41, 5.74) is 5.67. The van der Waals surface area contributed by atoms with Crippen molar-refractivity contribution in [1.82, 2.24) is 4.90 Å². The van der Waals surface area contributed by atoms with E-state index in [0.717, 1.165) is 31.2 Å². The number of para-hydroxylation sites is 2. The highest BCUT2D eigenvalue weighted by Crippen LogP contribution is 2.25. The molecule has 0 aliphatic carbocycles. The van der Waals surface area contributed by atoms with Crippen LogP contribution in [-0.4, -0.2) is 57.0 Å². The van der Waals surface area contributed by atoms with Gasteiger partial charge in [0, 0.05) is 25.7 Å². The number of hydrogen-bond acceptors (Lipinski definition) is 5. The highest BCUT2D eigenvalue weighted by atomic mass is 16.5. The van der Waals surface area contributed by atoms with Crippen molar-refractivity contribution in [2.45, 2.75) is 19.1 Å². The van der Waals surface area contributed by atoms with Crippen molar-refractivity contribution in [2.24, 2.45) is 5.73 Å². The van der Waals surface area contributed by atoms with Gasteiger partial charge < -0.3 is 19.9 Å². The maximum atomic E-state index is 5.81. The Balaban J connectivity index is 1.82. The SMILES string of the molecule is COc1ccccc1OCCN1CC(CN)OCC1C. The Kier molecular flexibility index (Phi) is 5.64. The van der Waals surface area contributed by atoms with Gasteiger partial charge in [0.05, 0.1) is 19.8 Å². The first kappa shape index (κ1) is 15.1. The molecule has 1 aromatic rings. The van der Waals surface area contributed by atoms with Crippen molar-refractivity contribution in [3.63, 3.8) is 0 Å². The first-order valence-electron chi connectivity index (χ1n) is 7.06. The fraction of sp³-hybridized carbons (Fsp3) is 0.600. The Morgan fingerprint density at radius 3 is 2.80 bits per heavy atom. The van der Waals surface area contributed by atoms with Crippen molar-refractivity contribution in [3.8, 4) is 11.5 Å². The zero-order valence-electron chi connectivity index (χ0n) is 12.2. The van der Waals surface area contributed by atoms with E-state index in [4.69, 9.17) is 19.9 Å². The summed E-state index contributed by atoms with van der Waals surface area (Å²) in [5.74, 6) is 1.55. The number of methoxy groups -OCH3 is 1. The van der Waals surface area contributed by atoms with E-state index in [9.17, 15) is 0 Å². The molecule has 2 atom stereocenters. The van der Waals surface area contributed by atoms with Crippen LogP contribution in [-0.2, 0) is 4.74 Å². The molecule has 1 fully saturated rings. The van der Waals surface area contributed by atoms with Crippen LogP contribution >= 0.6 is 0 Å². The Bertz CT molecular complexity index is 414. The lowest BCUT2D eigenvalue weighted by Crippen LogP contribution is -2.51. The average Bonchev–Trinajstić information content (AvgIpc) is 2.49. The Morgan fingerprint density at radius 2 is 2.10 bits per heavy atom. The van der Waals surface area contributed by atoms with Crippen molar-refractivity contribution >= 4 is 0 Å². The van der Waals surface area contributed by atoms with Crippen molar-refractivity contribution in [3.05, 3.63) is 24.3 Å². The van der Waals surface area contributed by atoms with Gasteiger partial charge in [0.15, 0.2) is 11.5 Å². The fourth-order valence-corrected chi connectivity index (χ4v) is 2.34. The molecule has 1 heterocycles. The van der Waals surface area contributed by atoms with Crippen LogP contribution in [0.15, 0.2) is 24.3 Å². The summed E-state index contributed by atoms with van der Waals surface area (Å²) >= 11 is 0. The molecule has 2 N–H and O–H groups in total. The Hall–Kier alpha value is -1.30. The molecule has 1 aromatic carbocycles. The van der Waals surface area contributed by atoms with Gasteiger partial charge in [-0.2, -0.15) is 0 Å². The molecule has 5 heteroatoms. The minimum absolute atomic E-state index is 0.137. The van der Waals surface area contributed by atoms with Gasteiger partial charge in [-0.15, -0.1) is 0 Å². The maximum Gasteiger partial charge on any atom is 0.161 e. The van der Waals surface area contributed by atoms with E-state index in [1.165, 1.54) is 0 Å².